The van der Waals surface area contributed by atoms with Crippen molar-refractivity contribution >= 4 is 29.0 Å². The average Bonchev–Trinajstić information content (AvgIpc) is 2.54. The Morgan fingerprint density at radius 3 is 2.54 bits per heavy atom. The van der Waals surface area contributed by atoms with Gasteiger partial charge in [-0.2, -0.15) is 13.2 Å². The number of carbonyl (C=O) groups excluding carboxylic acids is 2. The normalized spacial score (nSPS) is 11.2. The molecule has 0 saturated heterocycles. The van der Waals surface area contributed by atoms with Crippen molar-refractivity contribution in [3.05, 3.63) is 58.9 Å². The molecule has 1 aromatic heterocycles. The van der Waals surface area contributed by atoms with E-state index in [4.69, 9.17) is 11.6 Å². The zero-order chi connectivity index (χ0) is 17.7. The molecule has 0 saturated carbocycles. The van der Waals surface area contributed by atoms with Crippen LogP contribution in [0, 0.1) is 0 Å². The number of ketones is 1. The van der Waals surface area contributed by atoms with Crippen molar-refractivity contribution in [2.75, 3.05) is 5.32 Å². The molecular formula is C16H12ClF3N2O2. The molecule has 0 radical (unpaired) electrons. The Kier molecular flexibility index (Phi) is 5.56. The number of aromatic nitrogens is 1. The van der Waals surface area contributed by atoms with Gasteiger partial charge in [0.15, 0.2) is 5.78 Å². The molecule has 0 aliphatic carbocycles. The zero-order valence-corrected chi connectivity index (χ0v) is 13.0. The first-order valence-corrected chi connectivity index (χ1v) is 7.25. The van der Waals surface area contributed by atoms with Crippen LogP contribution in [0.3, 0.4) is 0 Å². The van der Waals surface area contributed by atoms with Crippen LogP contribution in [0.15, 0.2) is 42.7 Å². The van der Waals surface area contributed by atoms with Gasteiger partial charge in [0.25, 0.3) is 0 Å². The third-order valence-corrected chi connectivity index (χ3v) is 3.36. The first kappa shape index (κ1) is 17.9. The lowest BCUT2D eigenvalue weighted by Crippen LogP contribution is -2.17. The number of carbonyl (C=O) groups is 2. The Balaban J connectivity index is 2.02. The fraction of sp³-hybridized carbons (Fsp3) is 0.188. The number of nitrogens with zero attached hydrogens (tertiary/aromatic N) is 1. The van der Waals surface area contributed by atoms with Gasteiger partial charge in [-0.3, -0.25) is 14.6 Å². The smallest absolute Gasteiger partial charge is 0.325 e. The molecule has 1 heterocycles. The van der Waals surface area contributed by atoms with Crippen LogP contribution < -0.4 is 5.32 Å². The number of nitrogens with one attached hydrogen (secondary N) is 1. The predicted octanol–water partition coefficient (Wildman–Crippen LogP) is 4.36. The number of Topliss-reactive ketones (excluding diaryl/α,β-unsaturated/α-hetero) is 1. The van der Waals surface area contributed by atoms with Gasteiger partial charge in [0, 0.05) is 35.8 Å². The lowest BCUT2D eigenvalue weighted by Gasteiger charge is -2.14. The van der Waals surface area contributed by atoms with E-state index >= 15 is 0 Å². The second-order valence-corrected chi connectivity index (χ2v) is 5.34. The van der Waals surface area contributed by atoms with Gasteiger partial charge in [-0.25, -0.2) is 0 Å². The van der Waals surface area contributed by atoms with Crippen LogP contribution in [-0.2, 0) is 11.0 Å². The lowest BCUT2D eigenvalue weighted by atomic mass is 10.1. The average molecular weight is 357 g/mol. The standard InChI is InChI=1S/C16H12ClF3N2O2/c17-11-3-4-13(12(8-11)16(18,19)20)22-15(24)6-5-14(23)10-2-1-7-21-9-10/h1-4,7-9H,5-6H2,(H,22,24). The van der Waals surface area contributed by atoms with Crippen molar-refractivity contribution in [2.45, 2.75) is 19.0 Å². The molecule has 4 nitrogen and oxygen atoms in total. The molecule has 2 aromatic rings. The van der Waals surface area contributed by atoms with E-state index in [1.807, 2.05) is 0 Å². The summed E-state index contributed by atoms with van der Waals surface area (Å²) in [7, 11) is 0. The molecule has 0 atom stereocenters. The van der Waals surface area contributed by atoms with Gasteiger partial charge in [0.05, 0.1) is 11.3 Å². The zero-order valence-electron chi connectivity index (χ0n) is 12.2. The van der Waals surface area contributed by atoms with Gasteiger partial charge in [-0.05, 0) is 30.3 Å². The summed E-state index contributed by atoms with van der Waals surface area (Å²) in [6.45, 7) is 0. The Hall–Kier alpha value is -2.41. The number of rotatable bonds is 5. The molecule has 8 heteroatoms. The van der Waals surface area contributed by atoms with Gasteiger partial charge in [-0.15, -0.1) is 0 Å². The Labute approximate surface area is 140 Å². The van der Waals surface area contributed by atoms with Crippen molar-refractivity contribution in [1.29, 1.82) is 0 Å². The first-order chi connectivity index (χ1) is 11.3. The van der Waals surface area contributed by atoms with Gasteiger partial charge in [-0.1, -0.05) is 11.6 Å². The van der Waals surface area contributed by atoms with Gasteiger partial charge in [0.1, 0.15) is 0 Å². The minimum Gasteiger partial charge on any atom is -0.325 e. The number of hydrogen-bond donors (Lipinski definition) is 1. The molecule has 0 spiro atoms. The Morgan fingerprint density at radius 1 is 1.17 bits per heavy atom. The molecular weight excluding hydrogens is 345 g/mol. The molecule has 1 aromatic carbocycles. The van der Waals surface area contributed by atoms with Crippen LogP contribution in [0.1, 0.15) is 28.8 Å². The number of amides is 1. The van der Waals surface area contributed by atoms with Crippen LogP contribution in [-0.4, -0.2) is 16.7 Å². The molecule has 126 valence electrons. The minimum atomic E-state index is -4.65. The van der Waals surface area contributed by atoms with E-state index in [0.29, 0.717) is 5.56 Å². The second-order valence-electron chi connectivity index (χ2n) is 4.90. The van der Waals surface area contributed by atoms with Crippen LogP contribution >= 0.6 is 11.6 Å². The molecule has 24 heavy (non-hydrogen) atoms. The fourth-order valence-electron chi connectivity index (χ4n) is 1.97. The van der Waals surface area contributed by atoms with E-state index in [9.17, 15) is 22.8 Å². The maximum Gasteiger partial charge on any atom is 0.418 e. The molecule has 0 aliphatic rings. The summed E-state index contributed by atoms with van der Waals surface area (Å²) in [4.78, 5) is 27.5. The maximum absolute atomic E-state index is 12.9. The van der Waals surface area contributed by atoms with E-state index in [1.165, 1.54) is 18.5 Å². The summed E-state index contributed by atoms with van der Waals surface area (Å²) in [5.41, 5.74) is -1.10. The van der Waals surface area contributed by atoms with Crippen molar-refractivity contribution in [3.8, 4) is 0 Å². The monoisotopic (exact) mass is 356 g/mol. The van der Waals surface area contributed by atoms with Crippen molar-refractivity contribution in [1.82, 2.24) is 4.98 Å². The second kappa shape index (κ2) is 7.44. The third-order valence-electron chi connectivity index (χ3n) is 3.12. The summed E-state index contributed by atoms with van der Waals surface area (Å²) >= 11 is 5.57. The van der Waals surface area contributed by atoms with Crippen molar-refractivity contribution in [2.24, 2.45) is 0 Å². The Morgan fingerprint density at radius 2 is 1.92 bits per heavy atom. The predicted molar refractivity (Wildman–Crippen MR) is 82.9 cm³/mol. The van der Waals surface area contributed by atoms with Crippen LogP contribution in [0.2, 0.25) is 5.02 Å². The van der Waals surface area contributed by atoms with Crippen LogP contribution in [0.25, 0.3) is 0 Å². The number of benzene rings is 1. The van der Waals surface area contributed by atoms with Crippen LogP contribution in [0.4, 0.5) is 18.9 Å². The first-order valence-electron chi connectivity index (χ1n) is 6.87. The largest absolute Gasteiger partial charge is 0.418 e. The highest BCUT2D eigenvalue weighted by atomic mass is 35.5. The number of halogens is 4. The number of alkyl halides is 3. The number of hydrogen-bond acceptors (Lipinski definition) is 3. The van der Waals surface area contributed by atoms with Gasteiger partial charge in [0.2, 0.25) is 5.91 Å². The molecule has 0 aliphatic heterocycles. The number of anilines is 1. The van der Waals surface area contributed by atoms with E-state index in [1.54, 1.807) is 12.1 Å². The van der Waals surface area contributed by atoms with E-state index < -0.39 is 23.3 Å². The fourth-order valence-corrected chi connectivity index (χ4v) is 2.14. The molecule has 1 amide bonds. The molecule has 0 unspecified atom stereocenters. The molecule has 1 N–H and O–H groups in total. The SMILES string of the molecule is O=C(CCC(=O)c1cccnc1)Nc1ccc(Cl)cc1C(F)(F)F. The quantitative estimate of drug-likeness (QED) is 0.810. The minimum absolute atomic E-state index is 0.0907. The maximum atomic E-state index is 12.9. The highest BCUT2D eigenvalue weighted by Gasteiger charge is 2.34. The summed E-state index contributed by atoms with van der Waals surface area (Å²) in [6, 6.07) is 6.18. The molecule has 0 bridgehead atoms. The Bertz CT molecular complexity index is 749. The lowest BCUT2D eigenvalue weighted by molar-refractivity contribution is -0.137. The van der Waals surface area contributed by atoms with E-state index in [2.05, 4.69) is 10.3 Å². The van der Waals surface area contributed by atoms with Crippen molar-refractivity contribution < 1.29 is 22.8 Å². The highest BCUT2D eigenvalue weighted by Crippen LogP contribution is 2.36. The van der Waals surface area contributed by atoms with Crippen LogP contribution in [0.5, 0.6) is 0 Å². The third kappa shape index (κ3) is 4.79. The molecule has 0 fully saturated rings. The van der Waals surface area contributed by atoms with Gasteiger partial charge < -0.3 is 5.32 Å². The topological polar surface area (TPSA) is 59.1 Å². The number of pyridine rings is 1. The molecule has 2 rings (SSSR count). The van der Waals surface area contributed by atoms with Crippen molar-refractivity contribution in [3.63, 3.8) is 0 Å². The highest BCUT2D eigenvalue weighted by molar-refractivity contribution is 6.30. The summed E-state index contributed by atoms with van der Waals surface area (Å²) in [5, 5.41) is 2.08. The summed E-state index contributed by atoms with van der Waals surface area (Å²) in [6.07, 6.45) is -2.16. The van der Waals surface area contributed by atoms with E-state index in [-0.39, 0.29) is 23.6 Å². The summed E-state index contributed by atoms with van der Waals surface area (Å²) < 4.78 is 38.8. The van der Waals surface area contributed by atoms with Gasteiger partial charge >= 0.3 is 6.18 Å². The van der Waals surface area contributed by atoms with E-state index in [0.717, 1.165) is 12.1 Å². The summed E-state index contributed by atoms with van der Waals surface area (Å²) in [5.74, 6) is -1.01.